The van der Waals surface area contributed by atoms with Crippen molar-refractivity contribution in [2.24, 2.45) is 5.89 Å². The van der Waals surface area contributed by atoms with Crippen LogP contribution >= 0.6 is 0 Å². The van der Waals surface area contributed by atoms with Crippen molar-refractivity contribution in [3.63, 3.8) is 0 Å². The van der Waals surface area contributed by atoms with E-state index in [2.05, 4.69) is 0 Å². The molecule has 2 aliphatic rings. The Morgan fingerprint density at radius 3 is 3.05 bits per heavy atom. The Kier molecular flexibility index (Phi) is 2.66. The summed E-state index contributed by atoms with van der Waals surface area (Å²) >= 11 is 0. The molecule has 3 N–H and O–H groups in total. The lowest BCUT2D eigenvalue weighted by Crippen LogP contribution is -2.53. The minimum atomic E-state index is -3.73. The molecule has 0 aliphatic carbocycles. The minimum absolute atomic E-state index is 0.390. The fourth-order valence-corrected chi connectivity index (χ4v) is 2.76. The van der Waals surface area contributed by atoms with Crippen molar-refractivity contribution in [3.05, 3.63) is 11.6 Å². The van der Waals surface area contributed by atoms with Crippen molar-refractivity contribution in [3.8, 4) is 0 Å². The van der Waals surface area contributed by atoms with Crippen LogP contribution in [-0.4, -0.2) is 69.7 Å². The van der Waals surface area contributed by atoms with E-state index in [0.717, 1.165) is 6.92 Å². The molecule has 120 valence electrons. The molecule has 21 heavy (non-hydrogen) atoms. The van der Waals surface area contributed by atoms with Gasteiger partial charge in [-0.3, -0.25) is 4.90 Å². The molecule has 4 atom stereocenters. The van der Waals surface area contributed by atoms with Crippen molar-refractivity contribution in [2.45, 2.75) is 50.9 Å². The second kappa shape index (κ2) is 6.04. The average Bonchev–Trinajstić information content (AvgIpc) is 3.12. The Labute approximate surface area is 134 Å². The van der Waals surface area contributed by atoms with E-state index >= 15 is 0 Å². The number of esters is 1. The van der Waals surface area contributed by atoms with Crippen LogP contribution in [0.25, 0.3) is 0 Å². The van der Waals surface area contributed by atoms with Crippen LogP contribution in [0.5, 0.6) is 0 Å². The van der Waals surface area contributed by atoms with Crippen LogP contribution in [0.4, 0.5) is 0 Å². The summed E-state index contributed by atoms with van der Waals surface area (Å²) in [7, 11) is 0. The Balaban J connectivity index is 2.30. The summed E-state index contributed by atoms with van der Waals surface area (Å²) in [5.41, 5.74) is -3.03. The number of rotatable bonds is 5. The second-order valence-corrected chi connectivity index (χ2v) is 5.47. The summed E-state index contributed by atoms with van der Waals surface area (Å²) in [6.45, 7) is -5.75. The number of aliphatic hydroxyl groups is 3. The highest BCUT2D eigenvalue weighted by molar-refractivity contribution is 5.80. The van der Waals surface area contributed by atoms with Gasteiger partial charge in [-0.15, -0.1) is 0 Å². The zero-order valence-electron chi connectivity index (χ0n) is 18.7. The molecule has 0 aromatic rings. The summed E-state index contributed by atoms with van der Waals surface area (Å²) in [5.74, 6) is -5.46. The van der Waals surface area contributed by atoms with Gasteiger partial charge in [-0.05, 0) is 24.8 Å². The number of aliphatic hydroxyl groups excluding tert-OH is 2. The van der Waals surface area contributed by atoms with Gasteiger partial charge < -0.3 is 20.1 Å². The largest absolute Gasteiger partial charge is 0.459 e. The SMILES string of the molecule is [2H]C([2H])([2H])C([2H])(C([2H])([2H])[2H])[C@@](O)(C(=O)OCC1=CCN2CC[C@@H](O)[C@@H]12)[C@@H](C)O. The summed E-state index contributed by atoms with van der Waals surface area (Å²) in [6.07, 6.45) is -0.655. The highest BCUT2D eigenvalue weighted by Gasteiger charge is 2.46. The molecule has 0 spiro atoms. The van der Waals surface area contributed by atoms with E-state index in [1.807, 2.05) is 4.90 Å². The zero-order valence-corrected chi connectivity index (χ0v) is 11.7. The topological polar surface area (TPSA) is 90.2 Å². The van der Waals surface area contributed by atoms with E-state index < -0.39 is 56.0 Å². The summed E-state index contributed by atoms with van der Waals surface area (Å²) in [4.78, 5) is 14.6. The molecular weight excluding hydrogens is 274 g/mol. The highest BCUT2D eigenvalue weighted by Crippen LogP contribution is 2.30. The summed E-state index contributed by atoms with van der Waals surface area (Å²) in [5, 5.41) is 30.7. The third-order valence-electron chi connectivity index (χ3n) is 4.10. The first kappa shape index (κ1) is 9.25. The normalized spacial score (nSPS) is 36.6. The Hall–Kier alpha value is -0.950. The standard InChI is InChI=1S/C15H25NO5/c1-9(2)15(20,10(3)17)14(19)21-8-11-4-6-16-7-5-12(18)13(11)16/h4,9-10,12-13,17-18,20H,5-8H2,1-3H3/t10-,12-,13-,15+/m1/s1/i1D3,2D3,9D. The van der Waals surface area contributed by atoms with Gasteiger partial charge in [-0.25, -0.2) is 4.79 Å². The predicted octanol–water partition coefficient (Wildman–Crippen LogP) is -0.327. The van der Waals surface area contributed by atoms with Crippen molar-refractivity contribution in [1.82, 2.24) is 4.90 Å². The third kappa shape index (κ3) is 2.85. The second-order valence-electron chi connectivity index (χ2n) is 5.47. The molecule has 1 fully saturated rings. The number of nitrogens with zero attached hydrogens (tertiary/aromatic N) is 1. The van der Waals surface area contributed by atoms with E-state index in [1.165, 1.54) is 0 Å². The molecule has 0 unspecified atom stereocenters. The first-order valence-electron chi connectivity index (χ1n) is 10.3. The molecule has 6 nitrogen and oxygen atoms in total. The van der Waals surface area contributed by atoms with Gasteiger partial charge in [0.1, 0.15) is 6.61 Å². The van der Waals surface area contributed by atoms with E-state index in [4.69, 9.17) is 14.3 Å². The lowest BCUT2D eigenvalue weighted by Gasteiger charge is -2.32. The Morgan fingerprint density at radius 2 is 2.43 bits per heavy atom. The van der Waals surface area contributed by atoms with E-state index in [9.17, 15) is 20.1 Å². The average molecular weight is 306 g/mol. The molecule has 0 aromatic heterocycles. The van der Waals surface area contributed by atoms with Gasteiger partial charge in [0.05, 0.1) is 18.2 Å². The maximum atomic E-state index is 12.6. The first-order chi connectivity index (χ1) is 12.6. The summed E-state index contributed by atoms with van der Waals surface area (Å²) in [6, 6.07) is -0.390. The molecule has 0 saturated carbocycles. The molecule has 6 heteroatoms. The maximum Gasteiger partial charge on any atom is 0.341 e. The van der Waals surface area contributed by atoms with E-state index in [1.54, 1.807) is 6.08 Å². The van der Waals surface area contributed by atoms with Crippen LogP contribution in [-0.2, 0) is 9.53 Å². The molecule has 0 aromatic carbocycles. The van der Waals surface area contributed by atoms with Crippen LogP contribution in [0, 0.1) is 5.89 Å². The van der Waals surface area contributed by atoms with Gasteiger partial charge in [0, 0.05) is 22.7 Å². The van der Waals surface area contributed by atoms with Crippen LogP contribution in [0.15, 0.2) is 11.6 Å². The maximum absolute atomic E-state index is 12.6. The van der Waals surface area contributed by atoms with Crippen LogP contribution < -0.4 is 0 Å². The highest BCUT2D eigenvalue weighted by atomic mass is 16.6. The van der Waals surface area contributed by atoms with Crippen molar-refractivity contribution < 1.29 is 34.4 Å². The fraction of sp³-hybridized carbons (Fsp3) is 0.800. The Morgan fingerprint density at radius 1 is 1.71 bits per heavy atom. The zero-order chi connectivity index (χ0) is 21.7. The quantitative estimate of drug-likeness (QED) is 0.476. The minimum Gasteiger partial charge on any atom is -0.459 e. The molecule has 2 heterocycles. The number of ether oxygens (including phenoxy) is 1. The molecule has 0 amide bonds. The monoisotopic (exact) mass is 306 g/mol. The van der Waals surface area contributed by atoms with Gasteiger partial charge in [0.25, 0.3) is 0 Å². The lowest BCUT2D eigenvalue weighted by atomic mass is 9.85. The van der Waals surface area contributed by atoms with Gasteiger partial charge in [-0.1, -0.05) is 19.8 Å². The Bertz CT molecular complexity index is 634. The molecule has 2 aliphatic heterocycles. The van der Waals surface area contributed by atoms with Gasteiger partial charge >= 0.3 is 5.97 Å². The molecular formula is C15H25NO5. The molecule has 0 radical (unpaired) electrons. The number of hydrogen-bond acceptors (Lipinski definition) is 6. The number of carbonyl (C=O) groups excluding carboxylic acids is 1. The molecule has 1 saturated heterocycles. The number of fused-ring (bicyclic) bond motifs is 1. The van der Waals surface area contributed by atoms with Crippen molar-refractivity contribution in [1.29, 1.82) is 0 Å². The van der Waals surface area contributed by atoms with Crippen LogP contribution in [0.1, 0.15) is 36.6 Å². The van der Waals surface area contributed by atoms with Crippen molar-refractivity contribution >= 4 is 5.97 Å². The van der Waals surface area contributed by atoms with E-state index in [0.29, 0.717) is 25.1 Å². The first-order valence-corrected chi connectivity index (χ1v) is 6.77. The predicted molar refractivity (Wildman–Crippen MR) is 76.5 cm³/mol. The smallest absolute Gasteiger partial charge is 0.341 e. The summed E-state index contributed by atoms with van der Waals surface area (Å²) < 4.78 is 57.8. The van der Waals surface area contributed by atoms with Gasteiger partial charge in [0.15, 0.2) is 5.60 Å². The number of carbonyl (C=O) groups is 1. The van der Waals surface area contributed by atoms with Gasteiger partial charge in [-0.2, -0.15) is 0 Å². The third-order valence-corrected chi connectivity index (χ3v) is 4.10. The van der Waals surface area contributed by atoms with Crippen LogP contribution in [0.3, 0.4) is 0 Å². The number of hydrogen-bond donors (Lipinski definition) is 3. The molecule has 0 bridgehead atoms. The van der Waals surface area contributed by atoms with Crippen LogP contribution in [0.2, 0.25) is 0 Å². The van der Waals surface area contributed by atoms with Crippen molar-refractivity contribution in [2.75, 3.05) is 19.7 Å². The van der Waals surface area contributed by atoms with E-state index in [-0.39, 0.29) is 0 Å². The fourth-order valence-electron chi connectivity index (χ4n) is 2.76. The molecule has 2 rings (SSSR count). The van der Waals surface area contributed by atoms with Gasteiger partial charge in [0.2, 0.25) is 0 Å². The lowest BCUT2D eigenvalue weighted by molar-refractivity contribution is -0.183.